The number of nitrogens with one attached hydrogen (secondary N) is 1. The topological polar surface area (TPSA) is 88.2 Å². The lowest BCUT2D eigenvalue weighted by Crippen LogP contribution is -2.39. The maximum atomic E-state index is 12.4. The van der Waals surface area contributed by atoms with Gasteiger partial charge in [0, 0.05) is 31.4 Å². The summed E-state index contributed by atoms with van der Waals surface area (Å²) in [5, 5.41) is 2.70. The highest BCUT2D eigenvalue weighted by Crippen LogP contribution is 2.33. The minimum Gasteiger partial charge on any atom is -0.486 e. The average Bonchev–Trinajstić information content (AvgIpc) is 3.49. The Morgan fingerprint density at radius 3 is 2.63 bits per heavy atom. The van der Waals surface area contributed by atoms with E-state index in [1.165, 1.54) is 0 Å². The maximum Gasteiger partial charge on any atom is 0.238 e. The third-order valence-corrected chi connectivity index (χ3v) is 7.44. The normalized spacial score (nSPS) is 21.5. The molecular weight excluding hydrogens is 370 g/mol. The number of carbonyl (C=O) groups is 1. The minimum absolute atomic E-state index is 0.120. The molecule has 2 aliphatic heterocycles. The summed E-state index contributed by atoms with van der Waals surface area (Å²) in [5.41, 5.74) is 0.664. The van der Waals surface area contributed by atoms with E-state index < -0.39 is 10.0 Å². The van der Waals surface area contributed by atoms with Crippen molar-refractivity contribution in [2.24, 2.45) is 0 Å². The molecule has 0 atom stereocenters. The quantitative estimate of drug-likeness (QED) is 0.797. The van der Waals surface area contributed by atoms with Gasteiger partial charge >= 0.3 is 0 Å². The molecule has 2 heterocycles. The summed E-state index contributed by atoms with van der Waals surface area (Å²) in [6, 6.07) is 5.34. The van der Waals surface area contributed by atoms with Crippen LogP contribution in [-0.2, 0) is 14.8 Å². The van der Waals surface area contributed by atoms with Gasteiger partial charge in [-0.25, -0.2) is 12.7 Å². The molecule has 0 aromatic heterocycles. The molecule has 1 saturated heterocycles. The largest absolute Gasteiger partial charge is 0.486 e. The molecule has 1 amide bonds. The first-order valence-electron chi connectivity index (χ1n) is 9.43. The molecule has 2 fully saturated rings. The molecule has 3 aliphatic rings. The van der Waals surface area contributed by atoms with Gasteiger partial charge in [0.1, 0.15) is 13.2 Å². The van der Waals surface area contributed by atoms with E-state index in [1.807, 2.05) is 4.90 Å². The van der Waals surface area contributed by atoms with Crippen LogP contribution in [0.5, 0.6) is 11.5 Å². The van der Waals surface area contributed by atoms with Gasteiger partial charge < -0.3 is 14.8 Å². The van der Waals surface area contributed by atoms with Crippen LogP contribution in [0.15, 0.2) is 18.2 Å². The van der Waals surface area contributed by atoms with Crippen molar-refractivity contribution in [3.8, 4) is 11.5 Å². The van der Waals surface area contributed by atoms with E-state index in [1.54, 1.807) is 22.5 Å². The second-order valence-corrected chi connectivity index (χ2v) is 9.39. The van der Waals surface area contributed by atoms with Crippen molar-refractivity contribution >= 4 is 21.6 Å². The molecule has 1 saturated carbocycles. The van der Waals surface area contributed by atoms with E-state index in [0.717, 1.165) is 19.3 Å². The van der Waals surface area contributed by atoms with Gasteiger partial charge in [-0.05, 0) is 37.9 Å². The summed E-state index contributed by atoms with van der Waals surface area (Å²) >= 11 is 0. The van der Waals surface area contributed by atoms with Gasteiger partial charge in [-0.3, -0.25) is 9.69 Å². The molecular formula is C18H25N3O5S. The van der Waals surface area contributed by atoms with Crippen molar-refractivity contribution in [2.75, 3.05) is 51.3 Å². The first-order valence-corrected chi connectivity index (χ1v) is 10.9. The van der Waals surface area contributed by atoms with Gasteiger partial charge in [0.15, 0.2) is 11.5 Å². The summed E-state index contributed by atoms with van der Waals surface area (Å²) in [5.74, 6) is 1.20. The fourth-order valence-corrected chi connectivity index (χ4v) is 5.33. The Balaban J connectivity index is 1.30. The maximum absolute atomic E-state index is 12.4. The van der Waals surface area contributed by atoms with Crippen LogP contribution < -0.4 is 14.8 Å². The number of sulfonamides is 1. The summed E-state index contributed by atoms with van der Waals surface area (Å²) in [7, 11) is -3.14. The molecule has 8 nitrogen and oxygen atoms in total. The molecule has 0 spiro atoms. The molecule has 9 heteroatoms. The van der Waals surface area contributed by atoms with Gasteiger partial charge in [0.05, 0.1) is 11.8 Å². The number of ether oxygens (including phenoxy) is 2. The third kappa shape index (κ3) is 4.36. The van der Waals surface area contributed by atoms with E-state index in [-0.39, 0.29) is 17.7 Å². The van der Waals surface area contributed by atoms with E-state index in [2.05, 4.69) is 5.32 Å². The number of carbonyl (C=O) groups excluding carboxylic acids is 1. The zero-order valence-corrected chi connectivity index (χ0v) is 16.0. The van der Waals surface area contributed by atoms with Crippen LogP contribution in [0.3, 0.4) is 0 Å². The number of hydrogen-bond donors (Lipinski definition) is 1. The fourth-order valence-electron chi connectivity index (χ4n) is 3.46. The van der Waals surface area contributed by atoms with Crippen molar-refractivity contribution in [3.63, 3.8) is 0 Å². The van der Waals surface area contributed by atoms with Crippen LogP contribution in [-0.4, -0.2) is 74.7 Å². The summed E-state index contributed by atoms with van der Waals surface area (Å²) in [6.45, 7) is 3.55. The Hall–Kier alpha value is -1.84. The Kier molecular flexibility index (Phi) is 5.25. The molecule has 0 unspecified atom stereocenters. The zero-order chi connectivity index (χ0) is 18.9. The highest BCUT2D eigenvalue weighted by atomic mass is 32.2. The predicted molar refractivity (Wildman–Crippen MR) is 101 cm³/mol. The van der Waals surface area contributed by atoms with Crippen molar-refractivity contribution in [3.05, 3.63) is 18.2 Å². The number of benzene rings is 1. The Labute approximate surface area is 159 Å². The molecule has 1 aliphatic carbocycles. The number of hydrogen-bond acceptors (Lipinski definition) is 6. The first-order chi connectivity index (χ1) is 13.0. The highest BCUT2D eigenvalue weighted by Gasteiger charge is 2.40. The Morgan fingerprint density at radius 2 is 1.85 bits per heavy atom. The van der Waals surface area contributed by atoms with Crippen LogP contribution in [0, 0.1) is 0 Å². The number of amides is 1. The highest BCUT2D eigenvalue weighted by molar-refractivity contribution is 7.90. The summed E-state index contributed by atoms with van der Waals surface area (Å²) < 4.78 is 37.4. The van der Waals surface area contributed by atoms with Crippen LogP contribution in [0.4, 0.5) is 5.69 Å². The minimum atomic E-state index is -3.14. The first kappa shape index (κ1) is 18.5. The summed E-state index contributed by atoms with van der Waals surface area (Å²) in [4.78, 5) is 14.4. The van der Waals surface area contributed by atoms with Crippen LogP contribution in [0.25, 0.3) is 0 Å². The number of rotatable bonds is 5. The molecule has 0 radical (unpaired) electrons. The van der Waals surface area contributed by atoms with Crippen molar-refractivity contribution in [2.45, 2.75) is 24.5 Å². The SMILES string of the molecule is O=C(CN1CCCN(S(=O)(=O)C2CC2)CC1)Nc1ccc2c(c1)OCCO2. The molecule has 4 rings (SSSR count). The second-order valence-electron chi connectivity index (χ2n) is 7.18. The second kappa shape index (κ2) is 7.65. The standard InChI is InChI=1S/C18H25N3O5S/c22-18(19-14-2-5-16-17(12-14)26-11-10-25-16)13-20-6-1-7-21(9-8-20)27(23,24)15-3-4-15/h2,5,12,15H,1,3-4,6-11,13H2,(H,19,22). The van der Waals surface area contributed by atoms with Crippen LogP contribution >= 0.6 is 0 Å². The lowest BCUT2D eigenvalue weighted by atomic mass is 10.2. The lowest BCUT2D eigenvalue weighted by Gasteiger charge is -2.22. The third-order valence-electron chi connectivity index (χ3n) is 5.05. The Morgan fingerprint density at radius 1 is 1.07 bits per heavy atom. The average molecular weight is 395 g/mol. The van der Waals surface area contributed by atoms with Gasteiger partial charge in [-0.2, -0.15) is 0 Å². The molecule has 0 bridgehead atoms. The van der Waals surface area contributed by atoms with Crippen molar-refractivity contribution < 1.29 is 22.7 Å². The lowest BCUT2D eigenvalue weighted by molar-refractivity contribution is -0.117. The molecule has 1 aromatic rings. The van der Waals surface area contributed by atoms with Crippen molar-refractivity contribution in [1.29, 1.82) is 0 Å². The monoisotopic (exact) mass is 395 g/mol. The van der Waals surface area contributed by atoms with E-state index >= 15 is 0 Å². The van der Waals surface area contributed by atoms with E-state index in [9.17, 15) is 13.2 Å². The smallest absolute Gasteiger partial charge is 0.238 e. The predicted octanol–water partition coefficient (Wildman–Crippen LogP) is 0.896. The van der Waals surface area contributed by atoms with Gasteiger partial charge in [0.2, 0.25) is 15.9 Å². The van der Waals surface area contributed by atoms with E-state index in [0.29, 0.717) is 56.6 Å². The molecule has 1 N–H and O–H groups in total. The number of nitrogens with zero attached hydrogens (tertiary/aromatic N) is 2. The molecule has 148 valence electrons. The van der Waals surface area contributed by atoms with Gasteiger partial charge in [-0.15, -0.1) is 0 Å². The van der Waals surface area contributed by atoms with Gasteiger partial charge in [-0.1, -0.05) is 0 Å². The zero-order valence-electron chi connectivity index (χ0n) is 15.2. The van der Waals surface area contributed by atoms with Crippen LogP contribution in [0.2, 0.25) is 0 Å². The molecule has 1 aromatic carbocycles. The fraction of sp³-hybridized carbons (Fsp3) is 0.611. The number of fused-ring (bicyclic) bond motifs is 1. The van der Waals surface area contributed by atoms with Crippen LogP contribution in [0.1, 0.15) is 19.3 Å². The molecule has 27 heavy (non-hydrogen) atoms. The summed E-state index contributed by atoms with van der Waals surface area (Å²) in [6.07, 6.45) is 2.30. The van der Waals surface area contributed by atoms with Crippen molar-refractivity contribution in [1.82, 2.24) is 9.21 Å². The van der Waals surface area contributed by atoms with Gasteiger partial charge in [0.25, 0.3) is 0 Å². The van der Waals surface area contributed by atoms with E-state index in [4.69, 9.17) is 9.47 Å². The number of anilines is 1. The Bertz CT molecular complexity index is 809.